The van der Waals surface area contributed by atoms with Crippen LogP contribution >= 0.6 is 15.9 Å². The Morgan fingerprint density at radius 1 is 1.50 bits per heavy atom. The third-order valence-corrected chi connectivity index (χ3v) is 2.86. The number of halogens is 2. The SMILES string of the molecule is CC/C(=C/c1cc(C)ccc1F)CBr. The average molecular weight is 257 g/mol. The van der Waals surface area contributed by atoms with Crippen LogP contribution in [0.15, 0.2) is 23.8 Å². The lowest BCUT2D eigenvalue weighted by Crippen LogP contribution is -1.87. The van der Waals surface area contributed by atoms with Gasteiger partial charge in [0.1, 0.15) is 5.82 Å². The van der Waals surface area contributed by atoms with Gasteiger partial charge in [-0.3, -0.25) is 0 Å². The summed E-state index contributed by atoms with van der Waals surface area (Å²) in [6, 6.07) is 5.17. The van der Waals surface area contributed by atoms with E-state index in [4.69, 9.17) is 0 Å². The Balaban J connectivity index is 3.06. The van der Waals surface area contributed by atoms with Crippen molar-refractivity contribution in [2.24, 2.45) is 0 Å². The molecule has 0 atom stereocenters. The van der Waals surface area contributed by atoms with Gasteiger partial charge < -0.3 is 0 Å². The fraction of sp³-hybridized carbons (Fsp3) is 0.333. The number of aryl methyl sites for hydroxylation is 1. The number of alkyl halides is 1. The smallest absolute Gasteiger partial charge is 0.130 e. The molecule has 0 N–H and O–H groups in total. The molecule has 0 amide bonds. The minimum atomic E-state index is -0.150. The first-order valence-electron chi connectivity index (χ1n) is 4.69. The maximum atomic E-state index is 13.3. The van der Waals surface area contributed by atoms with Gasteiger partial charge >= 0.3 is 0 Å². The third kappa shape index (κ3) is 2.95. The van der Waals surface area contributed by atoms with Crippen molar-refractivity contribution in [3.05, 3.63) is 40.7 Å². The van der Waals surface area contributed by atoms with Crippen LogP contribution in [0.5, 0.6) is 0 Å². The van der Waals surface area contributed by atoms with Gasteiger partial charge in [-0.15, -0.1) is 0 Å². The van der Waals surface area contributed by atoms with E-state index in [2.05, 4.69) is 22.9 Å². The highest BCUT2D eigenvalue weighted by molar-refractivity contribution is 9.09. The van der Waals surface area contributed by atoms with E-state index in [1.165, 1.54) is 11.6 Å². The summed E-state index contributed by atoms with van der Waals surface area (Å²) >= 11 is 3.39. The highest BCUT2D eigenvalue weighted by Crippen LogP contribution is 2.16. The zero-order chi connectivity index (χ0) is 10.6. The molecule has 76 valence electrons. The molecule has 0 unspecified atom stereocenters. The summed E-state index contributed by atoms with van der Waals surface area (Å²) in [5, 5.41) is 0.802. The maximum absolute atomic E-state index is 13.3. The first kappa shape index (κ1) is 11.4. The van der Waals surface area contributed by atoms with Gasteiger partial charge in [-0.2, -0.15) is 0 Å². The lowest BCUT2D eigenvalue weighted by molar-refractivity contribution is 0.624. The highest BCUT2D eigenvalue weighted by Gasteiger charge is 2.00. The summed E-state index contributed by atoms with van der Waals surface area (Å²) in [4.78, 5) is 0. The van der Waals surface area contributed by atoms with Crippen LogP contribution in [0.1, 0.15) is 24.5 Å². The summed E-state index contributed by atoms with van der Waals surface area (Å²) in [6.45, 7) is 4.04. The second-order valence-electron chi connectivity index (χ2n) is 3.31. The average Bonchev–Trinajstić information content (AvgIpc) is 2.19. The molecule has 0 fully saturated rings. The second kappa shape index (κ2) is 5.30. The number of hydrogen-bond donors (Lipinski definition) is 0. The van der Waals surface area contributed by atoms with Gasteiger partial charge in [-0.25, -0.2) is 4.39 Å². The highest BCUT2D eigenvalue weighted by atomic mass is 79.9. The van der Waals surface area contributed by atoms with E-state index in [1.54, 1.807) is 6.07 Å². The predicted octanol–water partition coefficient (Wildman–Crippen LogP) is 4.32. The van der Waals surface area contributed by atoms with Gasteiger partial charge in [0.05, 0.1) is 0 Å². The Kier molecular flexibility index (Phi) is 4.33. The fourth-order valence-electron chi connectivity index (χ4n) is 1.23. The minimum absolute atomic E-state index is 0.150. The van der Waals surface area contributed by atoms with Crippen molar-refractivity contribution in [3.8, 4) is 0 Å². The van der Waals surface area contributed by atoms with Crippen LogP contribution in [0.25, 0.3) is 6.08 Å². The molecule has 0 heterocycles. The van der Waals surface area contributed by atoms with E-state index >= 15 is 0 Å². The molecular weight excluding hydrogens is 243 g/mol. The Labute approximate surface area is 93.0 Å². The van der Waals surface area contributed by atoms with E-state index in [0.29, 0.717) is 5.56 Å². The van der Waals surface area contributed by atoms with Crippen LogP contribution in [-0.2, 0) is 0 Å². The van der Waals surface area contributed by atoms with Gasteiger partial charge in [0, 0.05) is 10.9 Å². The molecule has 0 saturated heterocycles. The Hall–Kier alpha value is -0.630. The van der Waals surface area contributed by atoms with Crippen LogP contribution in [0.3, 0.4) is 0 Å². The van der Waals surface area contributed by atoms with Crippen molar-refractivity contribution in [3.63, 3.8) is 0 Å². The molecule has 0 aliphatic carbocycles. The normalized spacial score (nSPS) is 11.9. The Morgan fingerprint density at radius 2 is 2.21 bits per heavy atom. The molecule has 0 bridgehead atoms. The van der Waals surface area contributed by atoms with Crippen LogP contribution in [-0.4, -0.2) is 5.33 Å². The molecule has 14 heavy (non-hydrogen) atoms. The lowest BCUT2D eigenvalue weighted by Gasteiger charge is -2.02. The zero-order valence-electron chi connectivity index (χ0n) is 8.48. The molecule has 0 saturated carbocycles. The summed E-state index contributed by atoms with van der Waals surface area (Å²) in [7, 11) is 0. The van der Waals surface area contributed by atoms with Crippen molar-refractivity contribution in [2.75, 3.05) is 5.33 Å². The van der Waals surface area contributed by atoms with E-state index in [0.717, 1.165) is 17.3 Å². The second-order valence-corrected chi connectivity index (χ2v) is 3.88. The van der Waals surface area contributed by atoms with Crippen LogP contribution < -0.4 is 0 Å². The maximum Gasteiger partial charge on any atom is 0.130 e. The number of rotatable bonds is 3. The molecule has 0 aromatic heterocycles. The van der Waals surface area contributed by atoms with Gasteiger partial charge in [-0.1, -0.05) is 46.1 Å². The standard InChI is InChI=1S/C12H14BrF/c1-3-10(8-13)7-11-6-9(2)4-5-12(11)14/h4-7H,3,8H2,1-2H3/b10-7-. The summed E-state index contributed by atoms with van der Waals surface area (Å²) < 4.78 is 13.3. The largest absolute Gasteiger partial charge is 0.206 e. The van der Waals surface area contributed by atoms with E-state index < -0.39 is 0 Å². The number of hydrogen-bond acceptors (Lipinski definition) is 0. The topological polar surface area (TPSA) is 0 Å². The minimum Gasteiger partial charge on any atom is -0.206 e. The molecule has 1 aromatic rings. The molecule has 1 aromatic carbocycles. The van der Waals surface area contributed by atoms with Crippen molar-refractivity contribution < 1.29 is 4.39 Å². The number of allylic oxidation sites excluding steroid dienone is 1. The van der Waals surface area contributed by atoms with Crippen LogP contribution in [0, 0.1) is 12.7 Å². The summed E-state index contributed by atoms with van der Waals surface area (Å²) in [6.07, 6.45) is 2.86. The van der Waals surface area contributed by atoms with E-state index in [-0.39, 0.29) is 5.82 Å². The van der Waals surface area contributed by atoms with Gasteiger partial charge in [0.25, 0.3) is 0 Å². The van der Waals surface area contributed by atoms with E-state index in [1.807, 2.05) is 19.1 Å². The van der Waals surface area contributed by atoms with Crippen molar-refractivity contribution >= 4 is 22.0 Å². The molecular formula is C12H14BrF. The molecule has 0 nitrogen and oxygen atoms in total. The quantitative estimate of drug-likeness (QED) is 0.707. The lowest BCUT2D eigenvalue weighted by atomic mass is 10.1. The predicted molar refractivity (Wildman–Crippen MR) is 63.2 cm³/mol. The molecule has 0 aliphatic rings. The molecule has 0 aliphatic heterocycles. The Bertz CT molecular complexity index is 336. The summed E-state index contributed by atoms with van der Waals surface area (Å²) in [5.41, 5.74) is 2.97. The first-order valence-corrected chi connectivity index (χ1v) is 5.81. The van der Waals surface area contributed by atoms with Crippen molar-refractivity contribution in [2.45, 2.75) is 20.3 Å². The van der Waals surface area contributed by atoms with E-state index in [9.17, 15) is 4.39 Å². The number of benzene rings is 1. The van der Waals surface area contributed by atoms with Crippen molar-refractivity contribution in [1.82, 2.24) is 0 Å². The van der Waals surface area contributed by atoms with Gasteiger partial charge in [0.15, 0.2) is 0 Å². The molecule has 0 spiro atoms. The first-order chi connectivity index (χ1) is 6.67. The molecule has 0 radical (unpaired) electrons. The molecule has 2 heteroatoms. The Morgan fingerprint density at radius 3 is 2.79 bits per heavy atom. The zero-order valence-corrected chi connectivity index (χ0v) is 10.1. The third-order valence-electron chi connectivity index (χ3n) is 2.14. The van der Waals surface area contributed by atoms with Gasteiger partial charge in [0.2, 0.25) is 0 Å². The fourth-order valence-corrected chi connectivity index (χ4v) is 1.79. The summed E-state index contributed by atoms with van der Waals surface area (Å²) in [5.74, 6) is -0.150. The molecule has 1 rings (SSSR count). The van der Waals surface area contributed by atoms with Crippen LogP contribution in [0.2, 0.25) is 0 Å². The van der Waals surface area contributed by atoms with Crippen molar-refractivity contribution in [1.29, 1.82) is 0 Å². The van der Waals surface area contributed by atoms with Gasteiger partial charge in [-0.05, 0) is 25.5 Å². The van der Waals surface area contributed by atoms with Crippen LogP contribution in [0.4, 0.5) is 4.39 Å². The monoisotopic (exact) mass is 256 g/mol.